The van der Waals surface area contributed by atoms with E-state index in [4.69, 9.17) is 0 Å². The Labute approximate surface area is 170 Å². The van der Waals surface area contributed by atoms with E-state index in [0.29, 0.717) is 38.7 Å². The van der Waals surface area contributed by atoms with Crippen molar-refractivity contribution in [1.82, 2.24) is 15.5 Å². The van der Waals surface area contributed by atoms with Crippen LogP contribution in [-0.2, 0) is 4.79 Å². The van der Waals surface area contributed by atoms with E-state index in [1.54, 1.807) is 7.05 Å². The summed E-state index contributed by atoms with van der Waals surface area (Å²) in [5.41, 5.74) is 0.279. The maximum atomic E-state index is 13.9. The van der Waals surface area contributed by atoms with Gasteiger partial charge in [0.2, 0.25) is 5.91 Å². The van der Waals surface area contributed by atoms with Crippen LogP contribution in [0.3, 0.4) is 0 Å². The second-order valence-electron chi connectivity index (χ2n) is 5.82. The highest BCUT2D eigenvalue weighted by molar-refractivity contribution is 14.0. The number of hydrogen-bond donors (Lipinski definition) is 2. The van der Waals surface area contributed by atoms with Crippen molar-refractivity contribution in [1.29, 1.82) is 0 Å². The van der Waals surface area contributed by atoms with Crippen LogP contribution in [-0.4, -0.2) is 63.1 Å². The first-order valence-corrected chi connectivity index (χ1v) is 8.47. The maximum absolute atomic E-state index is 13.9. The van der Waals surface area contributed by atoms with Crippen LogP contribution < -0.4 is 15.5 Å². The lowest BCUT2D eigenvalue weighted by molar-refractivity contribution is -0.120. The van der Waals surface area contributed by atoms with Gasteiger partial charge >= 0.3 is 0 Å². The van der Waals surface area contributed by atoms with Gasteiger partial charge < -0.3 is 20.4 Å². The Morgan fingerprint density at radius 2 is 1.88 bits per heavy atom. The lowest BCUT2D eigenvalue weighted by Gasteiger charge is -2.37. The molecule has 2 rings (SSSR count). The summed E-state index contributed by atoms with van der Waals surface area (Å²) >= 11 is 0. The number of benzene rings is 1. The van der Waals surface area contributed by atoms with Gasteiger partial charge in [0, 0.05) is 45.8 Å². The molecule has 0 atom stereocenters. The number of hydrogen-bond acceptors (Lipinski definition) is 3. The van der Waals surface area contributed by atoms with Gasteiger partial charge in [-0.15, -0.1) is 24.0 Å². The van der Waals surface area contributed by atoms with Crippen molar-refractivity contribution < 1.29 is 13.6 Å². The minimum absolute atomic E-state index is 0. The number of halogens is 3. The monoisotopic (exact) mass is 481 g/mol. The average molecular weight is 481 g/mol. The van der Waals surface area contributed by atoms with Gasteiger partial charge in [-0.3, -0.25) is 9.79 Å². The SMILES string of the molecule is CCCNC(=O)CNC(=NC)N1CCN(c2cc(F)ccc2F)CC1.I. The van der Waals surface area contributed by atoms with Gasteiger partial charge in [-0.25, -0.2) is 8.78 Å². The van der Waals surface area contributed by atoms with E-state index >= 15 is 0 Å². The molecular formula is C17H26F2IN5O. The number of nitrogens with zero attached hydrogens (tertiary/aromatic N) is 3. The van der Waals surface area contributed by atoms with E-state index in [9.17, 15) is 13.6 Å². The predicted molar refractivity (Wildman–Crippen MR) is 110 cm³/mol. The number of piperazine rings is 1. The highest BCUT2D eigenvalue weighted by atomic mass is 127. The molecule has 1 aromatic carbocycles. The van der Waals surface area contributed by atoms with Gasteiger partial charge in [-0.2, -0.15) is 0 Å². The molecule has 26 heavy (non-hydrogen) atoms. The van der Waals surface area contributed by atoms with Crippen molar-refractivity contribution in [2.24, 2.45) is 4.99 Å². The second kappa shape index (κ2) is 11.1. The van der Waals surface area contributed by atoms with Gasteiger partial charge in [0.15, 0.2) is 5.96 Å². The van der Waals surface area contributed by atoms with Crippen LogP contribution in [0.25, 0.3) is 0 Å². The van der Waals surface area contributed by atoms with Crippen LogP contribution in [0.15, 0.2) is 23.2 Å². The molecule has 146 valence electrons. The van der Waals surface area contributed by atoms with E-state index in [0.717, 1.165) is 18.6 Å². The fourth-order valence-electron chi connectivity index (χ4n) is 2.71. The zero-order valence-corrected chi connectivity index (χ0v) is 17.4. The highest BCUT2D eigenvalue weighted by Crippen LogP contribution is 2.21. The molecule has 1 heterocycles. The summed E-state index contributed by atoms with van der Waals surface area (Å²) in [7, 11) is 1.66. The molecule has 1 aliphatic rings. The first-order valence-electron chi connectivity index (χ1n) is 8.47. The molecule has 1 fully saturated rings. The van der Waals surface area contributed by atoms with E-state index in [2.05, 4.69) is 15.6 Å². The smallest absolute Gasteiger partial charge is 0.239 e. The molecule has 1 aromatic rings. The second-order valence-corrected chi connectivity index (χ2v) is 5.82. The topological polar surface area (TPSA) is 60.0 Å². The largest absolute Gasteiger partial charge is 0.366 e. The summed E-state index contributed by atoms with van der Waals surface area (Å²) < 4.78 is 27.2. The van der Waals surface area contributed by atoms with Crippen molar-refractivity contribution in [3.05, 3.63) is 29.8 Å². The van der Waals surface area contributed by atoms with Gasteiger partial charge in [0.1, 0.15) is 11.6 Å². The number of nitrogens with one attached hydrogen (secondary N) is 2. The molecule has 6 nitrogen and oxygen atoms in total. The summed E-state index contributed by atoms with van der Waals surface area (Å²) in [6.07, 6.45) is 0.888. The Morgan fingerprint density at radius 1 is 1.19 bits per heavy atom. The van der Waals surface area contributed by atoms with Gasteiger partial charge in [-0.1, -0.05) is 6.92 Å². The number of amides is 1. The molecule has 1 saturated heterocycles. The normalized spacial score (nSPS) is 14.7. The van der Waals surface area contributed by atoms with Crippen molar-refractivity contribution in [3.8, 4) is 0 Å². The first-order chi connectivity index (χ1) is 12.0. The number of guanidine groups is 1. The minimum Gasteiger partial charge on any atom is -0.366 e. The lowest BCUT2D eigenvalue weighted by Crippen LogP contribution is -2.53. The molecule has 0 aromatic heterocycles. The highest BCUT2D eigenvalue weighted by Gasteiger charge is 2.22. The lowest BCUT2D eigenvalue weighted by atomic mass is 10.2. The molecule has 0 saturated carbocycles. The minimum atomic E-state index is -0.450. The predicted octanol–water partition coefficient (Wildman–Crippen LogP) is 1.81. The molecule has 1 amide bonds. The van der Waals surface area contributed by atoms with Crippen LogP contribution in [0.5, 0.6) is 0 Å². The average Bonchev–Trinajstić information content (AvgIpc) is 2.63. The standard InChI is InChI=1S/C17H25F2N5O.HI/c1-3-6-21-16(25)12-22-17(20-2)24-9-7-23(8-10-24)15-11-13(18)4-5-14(15)19;/h4-5,11H,3,6-10,12H2,1-2H3,(H,20,22)(H,21,25);1H. The summed E-state index contributed by atoms with van der Waals surface area (Å²) in [5.74, 6) is -0.325. The number of carbonyl (C=O) groups excluding carboxylic acids is 1. The third kappa shape index (κ3) is 6.26. The zero-order valence-electron chi connectivity index (χ0n) is 15.1. The number of aliphatic imine (C=N–C) groups is 1. The zero-order chi connectivity index (χ0) is 18.2. The molecular weight excluding hydrogens is 455 g/mol. The van der Waals surface area contributed by atoms with E-state index in [-0.39, 0.29) is 42.1 Å². The Morgan fingerprint density at radius 3 is 2.50 bits per heavy atom. The fourth-order valence-corrected chi connectivity index (χ4v) is 2.71. The van der Waals surface area contributed by atoms with Crippen molar-refractivity contribution in [3.63, 3.8) is 0 Å². The first kappa shape index (κ1) is 22.4. The third-order valence-electron chi connectivity index (χ3n) is 4.02. The maximum Gasteiger partial charge on any atom is 0.239 e. The molecule has 2 N–H and O–H groups in total. The summed E-state index contributed by atoms with van der Waals surface area (Å²) in [5, 5.41) is 5.83. The van der Waals surface area contributed by atoms with Crippen molar-refractivity contribution in [2.75, 3.05) is 51.2 Å². The molecule has 0 bridgehead atoms. The van der Waals surface area contributed by atoms with Crippen LogP contribution >= 0.6 is 24.0 Å². The van der Waals surface area contributed by atoms with Gasteiger partial charge in [0.25, 0.3) is 0 Å². The molecule has 0 spiro atoms. The van der Waals surface area contributed by atoms with E-state index < -0.39 is 11.6 Å². The Balaban J connectivity index is 0.00000338. The molecule has 9 heteroatoms. The molecule has 0 unspecified atom stereocenters. The van der Waals surface area contributed by atoms with Crippen LogP contribution in [0, 0.1) is 11.6 Å². The Hall–Kier alpha value is -1.65. The van der Waals surface area contributed by atoms with Gasteiger partial charge in [0.05, 0.1) is 12.2 Å². The Kier molecular flexibility index (Phi) is 9.60. The summed E-state index contributed by atoms with van der Waals surface area (Å²) in [6.45, 7) is 5.10. The van der Waals surface area contributed by atoms with Gasteiger partial charge in [-0.05, 0) is 18.6 Å². The van der Waals surface area contributed by atoms with Crippen LogP contribution in [0.1, 0.15) is 13.3 Å². The number of carbonyl (C=O) groups is 1. The molecule has 1 aliphatic heterocycles. The molecule has 0 aliphatic carbocycles. The van der Waals surface area contributed by atoms with Crippen LogP contribution in [0.4, 0.5) is 14.5 Å². The van der Waals surface area contributed by atoms with Crippen molar-refractivity contribution in [2.45, 2.75) is 13.3 Å². The Bertz CT molecular complexity index is 621. The third-order valence-corrected chi connectivity index (χ3v) is 4.02. The fraction of sp³-hybridized carbons (Fsp3) is 0.529. The summed E-state index contributed by atoms with van der Waals surface area (Å²) in [4.78, 5) is 19.7. The summed E-state index contributed by atoms with van der Waals surface area (Å²) in [6, 6.07) is 3.48. The van der Waals surface area contributed by atoms with Crippen LogP contribution in [0.2, 0.25) is 0 Å². The van der Waals surface area contributed by atoms with Crippen molar-refractivity contribution >= 4 is 41.5 Å². The van der Waals surface area contributed by atoms with E-state index in [1.165, 1.54) is 6.07 Å². The molecule has 0 radical (unpaired) electrons. The quantitative estimate of drug-likeness (QED) is 0.383. The van der Waals surface area contributed by atoms with E-state index in [1.807, 2.05) is 16.7 Å². The number of rotatable bonds is 5. The number of anilines is 1.